The number of carbonyl (C=O) groups is 1. The molecule has 108 valence electrons. The van der Waals surface area contributed by atoms with E-state index in [1.54, 1.807) is 38.2 Å². The van der Waals surface area contributed by atoms with Gasteiger partial charge in [0, 0.05) is 26.9 Å². The number of amides is 2. The molecule has 0 saturated heterocycles. The number of carbonyl (C=O) groups excluding carboxylic acids is 1. The molecule has 7 nitrogen and oxygen atoms in total. The highest BCUT2D eigenvalue weighted by molar-refractivity contribution is 5.88. The van der Waals surface area contributed by atoms with Crippen LogP contribution < -0.4 is 5.32 Å². The fourth-order valence-corrected chi connectivity index (χ4v) is 1.44. The van der Waals surface area contributed by atoms with Gasteiger partial charge in [-0.1, -0.05) is 0 Å². The Morgan fingerprint density at radius 2 is 2.42 bits per heavy atom. The number of urea groups is 1. The van der Waals surface area contributed by atoms with Crippen molar-refractivity contribution in [3.63, 3.8) is 0 Å². The van der Waals surface area contributed by atoms with Crippen LogP contribution in [0.4, 0.5) is 10.5 Å². The summed E-state index contributed by atoms with van der Waals surface area (Å²) in [6, 6.07) is -0.216. The molecule has 0 aliphatic rings. The third-order valence-electron chi connectivity index (χ3n) is 2.64. The first-order chi connectivity index (χ1) is 9.02. The predicted octanol–water partition coefficient (Wildman–Crippen LogP) is 0.764. The smallest absolute Gasteiger partial charge is 0.321 e. The summed E-state index contributed by atoms with van der Waals surface area (Å²) in [5.74, 6) is 0. The van der Waals surface area contributed by atoms with E-state index in [0.29, 0.717) is 31.8 Å². The first-order valence-corrected chi connectivity index (χ1v) is 6.24. The van der Waals surface area contributed by atoms with Gasteiger partial charge in [0.2, 0.25) is 0 Å². The Bertz CT molecular complexity index is 392. The topological polar surface area (TPSA) is 79.6 Å². The molecule has 1 aromatic heterocycles. The molecule has 7 heteroatoms. The SMILES string of the molecule is COCCn1cc(NC(=O)N(C)CCC(C)O)cn1. The van der Waals surface area contributed by atoms with E-state index in [-0.39, 0.29) is 6.03 Å². The number of hydrogen-bond acceptors (Lipinski definition) is 4. The maximum Gasteiger partial charge on any atom is 0.321 e. The summed E-state index contributed by atoms with van der Waals surface area (Å²) < 4.78 is 6.65. The van der Waals surface area contributed by atoms with E-state index in [0.717, 1.165) is 0 Å². The minimum absolute atomic E-state index is 0.216. The molecule has 1 aromatic rings. The first kappa shape index (κ1) is 15.5. The van der Waals surface area contributed by atoms with Crippen LogP contribution in [0.1, 0.15) is 13.3 Å². The van der Waals surface area contributed by atoms with E-state index in [9.17, 15) is 9.90 Å². The second-order valence-corrected chi connectivity index (χ2v) is 4.47. The van der Waals surface area contributed by atoms with Gasteiger partial charge in [0.05, 0.1) is 31.1 Å². The molecular formula is C12H22N4O3. The van der Waals surface area contributed by atoms with Crippen LogP contribution in [0.15, 0.2) is 12.4 Å². The predicted molar refractivity (Wildman–Crippen MR) is 72.0 cm³/mol. The largest absolute Gasteiger partial charge is 0.393 e. The molecule has 0 spiro atoms. The molecule has 0 saturated carbocycles. The third-order valence-corrected chi connectivity index (χ3v) is 2.64. The van der Waals surface area contributed by atoms with Crippen molar-refractivity contribution in [1.82, 2.24) is 14.7 Å². The van der Waals surface area contributed by atoms with Crippen LogP contribution in [0.5, 0.6) is 0 Å². The fraction of sp³-hybridized carbons (Fsp3) is 0.667. The average molecular weight is 270 g/mol. The number of anilines is 1. The minimum atomic E-state index is -0.410. The van der Waals surface area contributed by atoms with Crippen molar-refractivity contribution in [2.75, 3.05) is 32.6 Å². The van der Waals surface area contributed by atoms with Gasteiger partial charge in [-0.15, -0.1) is 0 Å². The summed E-state index contributed by atoms with van der Waals surface area (Å²) in [4.78, 5) is 13.3. The second kappa shape index (κ2) is 7.75. The maximum atomic E-state index is 11.8. The molecule has 2 N–H and O–H groups in total. The van der Waals surface area contributed by atoms with E-state index in [1.807, 2.05) is 0 Å². The van der Waals surface area contributed by atoms with Crippen molar-refractivity contribution in [2.45, 2.75) is 26.0 Å². The second-order valence-electron chi connectivity index (χ2n) is 4.47. The highest BCUT2D eigenvalue weighted by Gasteiger charge is 2.10. The lowest BCUT2D eigenvalue weighted by Gasteiger charge is -2.17. The number of rotatable bonds is 7. The van der Waals surface area contributed by atoms with Gasteiger partial charge >= 0.3 is 6.03 Å². The zero-order chi connectivity index (χ0) is 14.3. The van der Waals surface area contributed by atoms with E-state index < -0.39 is 6.10 Å². The van der Waals surface area contributed by atoms with Gasteiger partial charge in [-0.2, -0.15) is 5.10 Å². The Labute approximate surface area is 113 Å². The normalized spacial score (nSPS) is 12.2. The average Bonchev–Trinajstić information content (AvgIpc) is 2.80. The van der Waals surface area contributed by atoms with Crippen molar-refractivity contribution in [3.05, 3.63) is 12.4 Å². The first-order valence-electron chi connectivity index (χ1n) is 6.24. The Balaban J connectivity index is 2.40. The van der Waals surface area contributed by atoms with Crippen molar-refractivity contribution in [2.24, 2.45) is 0 Å². The lowest BCUT2D eigenvalue weighted by atomic mass is 10.3. The summed E-state index contributed by atoms with van der Waals surface area (Å²) in [6.07, 6.45) is 3.49. The molecule has 0 aromatic carbocycles. The van der Waals surface area contributed by atoms with Crippen LogP contribution >= 0.6 is 0 Å². The van der Waals surface area contributed by atoms with Crippen molar-refractivity contribution in [3.8, 4) is 0 Å². The zero-order valence-corrected chi connectivity index (χ0v) is 11.7. The van der Waals surface area contributed by atoms with Crippen molar-refractivity contribution < 1.29 is 14.6 Å². The fourth-order valence-electron chi connectivity index (χ4n) is 1.44. The van der Waals surface area contributed by atoms with Gasteiger partial charge < -0.3 is 20.1 Å². The minimum Gasteiger partial charge on any atom is -0.393 e. The Morgan fingerprint density at radius 1 is 1.68 bits per heavy atom. The van der Waals surface area contributed by atoms with E-state index in [1.165, 1.54) is 4.90 Å². The third kappa shape index (κ3) is 5.71. The van der Waals surface area contributed by atoms with Crippen LogP contribution in [0.2, 0.25) is 0 Å². The molecule has 0 aliphatic carbocycles. The molecule has 1 unspecified atom stereocenters. The summed E-state index contributed by atoms with van der Waals surface area (Å²) >= 11 is 0. The molecule has 0 radical (unpaired) electrons. The van der Waals surface area contributed by atoms with E-state index in [4.69, 9.17) is 4.74 Å². The number of nitrogens with one attached hydrogen (secondary N) is 1. The monoisotopic (exact) mass is 270 g/mol. The van der Waals surface area contributed by atoms with Crippen molar-refractivity contribution in [1.29, 1.82) is 0 Å². The summed E-state index contributed by atoms with van der Waals surface area (Å²) in [5.41, 5.74) is 0.644. The molecule has 1 atom stereocenters. The van der Waals surface area contributed by atoms with Crippen LogP contribution in [-0.2, 0) is 11.3 Å². The highest BCUT2D eigenvalue weighted by atomic mass is 16.5. The van der Waals surface area contributed by atoms with Gasteiger partial charge in [-0.25, -0.2) is 4.79 Å². The van der Waals surface area contributed by atoms with E-state index in [2.05, 4.69) is 10.4 Å². The molecule has 19 heavy (non-hydrogen) atoms. The van der Waals surface area contributed by atoms with Crippen LogP contribution in [-0.4, -0.2) is 59.2 Å². The zero-order valence-electron chi connectivity index (χ0n) is 11.7. The summed E-state index contributed by atoms with van der Waals surface area (Å²) in [5, 5.41) is 16.0. The molecule has 1 rings (SSSR count). The lowest BCUT2D eigenvalue weighted by Crippen LogP contribution is -2.33. The molecule has 0 aliphatic heterocycles. The molecule has 2 amide bonds. The lowest BCUT2D eigenvalue weighted by molar-refractivity contribution is 0.167. The quantitative estimate of drug-likeness (QED) is 0.766. The Kier molecular flexibility index (Phi) is 6.31. The number of nitrogens with zero attached hydrogens (tertiary/aromatic N) is 3. The van der Waals surface area contributed by atoms with Crippen LogP contribution in [0, 0.1) is 0 Å². The number of methoxy groups -OCH3 is 1. The Morgan fingerprint density at radius 3 is 3.05 bits per heavy atom. The van der Waals surface area contributed by atoms with Gasteiger partial charge in [0.25, 0.3) is 0 Å². The maximum absolute atomic E-state index is 11.8. The molecule has 0 bridgehead atoms. The van der Waals surface area contributed by atoms with Gasteiger partial charge in [-0.3, -0.25) is 4.68 Å². The number of aromatic nitrogens is 2. The summed E-state index contributed by atoms with van der Waals surface area (Å²) in [7, 11) is 3.32. The molecule has 0 fully saturated rings. The number of aliphatic hydroxyl groups excluding tert-OH is 1. The van der Waals surface area contributed by atoms with Crippen molar-refractivity contribution >= 4 is 11.7 Å². The van der Waals surface area contributed by atoms with Gasteiger partial charge in [-0.05, 0) is 13.3 Å². The van der Waals surface area contributed by atoms with Gasteiger partial charge in [0.1, 0.15) is 0 Å². The highest BCUT2D eigenvalue weighted by Crippen LogP contribution is 2.06. The van der Waals surface area contributed by atoms with Gasteiger partial charge in [0.15, 0.2) is 0 Å². The number of ether oxygens (including phenoxy) is 1. The van der Waals surface area contributed by atoms with E-state index >= 15 is 0 Å². The number of hydrogen-bond donors (Lipinski definition) is 2. The molecular weight excluding hydrogens is 248 g/mol. The number of aliphatic hydroxyl groups is 1. The van der Waals surface area contributed by atoms with Crippen LogP contribution in [0.3, 0.4) is 0 Å². The summed E-state index contributed by atoms with van der Waals surface area (Å²) in [6.45, 7) is 3.42. The van der Waals surface area contributed by atoms with Crippen LogP contribution in [0.25, 0.3) is 0 Å². The molecule has 1 heterocycles. The standard InChI is InChI=1S/C12H22N4O3/c1-10(17)4-5-15(2)12(18)14-11-8-13-16(9-11)6-7-19-3/h8-10,17H,4-7H2,1-3H3,(H,14,18). The Hall–Kier alpha value is -1.60.